The highest BCUT2D eigenvalue weighted by Gasteiger charge is 2.28. The summed E-state index contributed by atoms with van der Waals surface area (Å²) in [4.78, 5) is 24.8. The number of rotatable bonds is 6. The van der Waals surface area contributed by atoms with Crippen LogP contribution in [0.3, 0.4) is 0 Å². The zero-order valence-electron chi connectivity index (χ0n) is 18.0. The first-order valence-electron chi connectivity index (χ1n) is 10.4. The van der Waals surface area contributed by atoms with Crippen LogP contribution in [0.5, 0.6) is 5.75 Å². The summed E-state index contributed by atoms with van der Waals surface area (Å²) in [6.07, 6.45) is 1.17. The Hall–Kier alpha value is -3.17. The van der Waals surface area contributed by atoms with Crippen LogP contribution >= 0.6 is 11.6 Å². The Bertz CT molecular complexity index is 1250. The Labute approximate surface area is 197 Å². The number of carbonyl (C=O) groups excluding carboxylic acids is 1. The van der Waals surface area contributed by atoms with Crippen molar-refractivity contribution in [2.24, 2.45) is 0 Å². The second-order valence-corrected chi connectivity index (χ2v) is 9.84. The average molecular weight is 487 g/mol. The number of methoxy groups -OCH3 is 1. The average Bonchev–Trinajstić information content (AvgIpc) is 2.84. The molecule has 2 heterocycles. The molecule has 0 radical (unpaired) electrons. The lowest BCUT2D eigenvalue weighted by Gasteiger charge is -2.36. The molecule has 8 nitrogen and oxygen atoms in total. The highest BCUT2D eigenvalue weighted by Crippen LogP contribution is 2.29. The van der Waals surface area contributed by atoms with Crippen LogP contribution < -0.4 is 9.64 Å². The highest BCUT2D eigenvalue weighted by atomic mass is 35.5. The Kier molecular flexibility index (Phi) is 6.80. The van der Waals surface area contributed by atoms with Crippen LogP contribution in [-0.4, -0.2) is 62.5 Å². The van der Waals surface area contributed by atoms with Crippen molar-refractivity contribution in [1.82, 2.24) is 14.9 Å². The molecule has 4 rings (SSSR count). The van der Waals surface area contributed by atoms with Crippen LogP contribution in [0.4, 0.5) is 5.69 Å². The molecule has 1 aliphatic rings. The standard InChI is InChI=1S/C23H23ClN4O4S/c1-32-20-10-6-5-9-19(20)27-11-13-28(14-12-27)22(29)21-18(24)15-25-23(26-21)33(30,31)16-17-7-3-2-4-8-17/h2-10,15H,11-14,16H2,1H3. The minimum absolute atomic E-state index is 0.0193. The predicted molar refractivity (Wildman–Crippen MR) is 125 cm³/mol. The molecule has 33 heavy (non-hydrogen) atoms. The number of para-hydroxylation sites is 2. The van der Waals surface area contributed by atoms with E-state index in [-0.39, 0.29) is 16.5 Å². The molecule has 10 heteroatoms. The number of ether oxygens (including phenoxy) is 1. The van der Waals surface area contributed by atoms with E-state index in [1.54, 1.807) is 42.3 Å². The fourth-order valence-electron chi connectivity index (χ4n) is 3.70. The molecule has 0 unspecified atom stereocenters. The first-order chi connectivity index (χ1) is 15.9. The molecule has 0 bridgehead atoms. The Morgan fingerprint density at radius 3 is 2.39 bits per heavy atom. The third-order valence-corrected chi connectivity index (χ3v) is 7.14. The summed E-state index contributed by atoms with van der Waals surface area (Å²) in [5.41, 5.74) is 1.46. The molecule has 2 aromatic carbocycles. The van der Waals surface area contributed by atoms with Crippen molar-refractivity contribution < 1.29 is 17.9 Å². The third kappa shape index (κ3) is 5.09. The number of nitrogens with zero attached hydrogens (tertiary/aromatic N) is 4. The SMILES string of the molecule is COc1ccccc1N1CCN(C(=O)c2nc(S(=O)(=O)Cc3ccccc3)ncc2Cl)CC1. The largest absolute Gasteiger partial charge is 0.495 e. The number of amides is 1. The van der Waals surface area contributed by atoms with Gasteiger partial charge in [0.15, 0.2) is 5.69 Å². The molecule has 1 aliphatic heterocycles. The molecule has 1 fully saturated rings. The second kappa shape index (κ2) is 9.76. The minimum Gasteiger partial charge on any atom is -0.495 e. The van der Waals surface area contributed by atoms with E-state index in [1.807, 2.05) is 24.3 Å². The number of hydrogen-bond donors (Lipinski definition) is 0. The van der Waals surface area contributed by atoms with Crippen molar-refractivity contribution in [3.05, 3.63) is 77.1 Å². The lowest BCUT2D eigenvalue weighted by atomic mass is 10.2. The Morgan fingerprint density at radius 1 is 1.03 bits per heavy atom. The zero-order valence-corrected chi connectivity index (χ0v) is 19.6. The van der Waals surface area contributed by atoms with Crippen molar-refractivity contribution in [1.29, 1.82) is 0 Å². The molecule has 0 aliphatic carbocycles. The third-order valence-electron chi connectivity index (χ3n) is 5.40. The predicted octanol–water partition coefficient (Wildman–Crippen LogP) is 3.07. The van der Waals surface area contributed by atoms with Gasteiger partial charge in [-0.15, -0.1) is 0 Å². The fourth-order valence-corrected chi connectivity index (χ4v) is 5.08. The maximum atomic E-state index is 13.1. The first-order valence-corrected chi connectivity index (χ1v) is 12.4. The summed E-state index contributed by atoms with van der Waals surface area (Å²) in [5, 5.41) is -0.391. The van der Waals surface area contributed by atoms with Gasteiger partial charge in [-0.1, -0.05) is 54.1 Å². The van der Waals surface area contributed by atoms with Gasteiger partial charge in [0.1, 0.15) is 5.75 Å². The van der Waals surface area contributed by atoms with E-state index in [2.05, 4.69) is 14.9 Å². The monoisotopic (exact) mass is 486 g/mol. The molecular formula is C23H23ClN4O4S. The normalized spacial score (nSPS) is 14.2. The molecule has 1 saturated heterocycles. The summed E-state index contributed by atoms with van der Waals surface area (Å²) in [7, 11) is -2.22. The van der Waals surface area contributed by atoms with Gasteiger partial charge in [-0.05, 0) is 17.7 Å². The number of benzene rings is 2. The molecule has 0 spiro atoms. The number of sulfone groups is 1. The molecule has 3 aromatic rings. The van der Waals surface area contributed by atoms with Gasteiger partial charge in [0.2, 0.25) is 15.0 Å². The lowest BCUT2D eigenvalue weighted by Crippen LogP contribution is -2.49. The summed E-state index contributed by atoms with van der Waals surface area (Å²) < 4.78 is 31.1. The van der Waals surface area contributed by atoms with Crippen molar-refractivity contribution in [2.75, 3.05) is 38.2 Å². The quantitative estimate of drug-likeness (QED) is 0.494. The number of piperazine rings is 1. The van der Waals surface area contributed by atoms with Gasteiger partial charge in [0, 0.05) is 26.2 Å². The number of aromatic nitrogens is 2. The van der Waals surface area contributed by atoms with E-state index in [0.717, 1.165) is 11.4 Å². The molecule has 172 valence electrons. The molecule has 0 N–H and O–H groups in total. The van der Waals surface area contributed by atoms with Gasteiger partial charge >= 0.3 is 0 Å². The number of hydrogen-bond acceptors (Lipinski definition) is 7. The van der Waals surface area contributed by atoms with Gasteiger partial charge in [-0.25, -0.2) is 18.4 Å². The van der Waals surface area contributed by atoms with Crippen molar-refractivity contribution >= 4 is 33.0 Å². The van der Waals surface area contributed by atoms with E-state index in [0.29, 0.717) is 31.7 Å². The van der Waals surface area contributed by atoms with Crippen molar-refractivity contribution in [3.63, 3.8) is 0 Å². The van der Waals surface area contributed by atoms with Crippen LogP contribution in [-0.2, 0) is 15.6 Å². The summed E-state index contributed by atoms with van der Waals surface area (Å²) in [5.74, 6) is 0.0864. The first kappa shape index (κ1) is 23.0. The Balaban J connectivity index is 1.50. The van der Waals surface area contributed by atoms with Crippen molar-refractivity contribution in [2.45, 2.75) is 10.9 Å². The molecule has 1 amide bonds. The van der Waals surface area contributed by atoms with Gasteiger partial charge < -0.3 is 14.5 Å². The number of halogens is 1. The summed E-state index contributed by atoms with van der Waals surface area (Å²) >= 11 is 6.19. The Morgan fingerprint density at radius 2 is 1.70 bits per heavy atom. The van der Waals surface area contributed by atoms with Gasteiger partial charge in [0.25, 0.3) is 5.91 Å². The van der Waals surface area contributed by atoms with Crippen LogP contribution in [0.2, 0.25) is 5.02 Å². The maximum Gasteiger partial charge on any atom is 0.274 e. The number of anilines is 1. The fraction of sp³-hybridized carbons (Fsp3) is 0.261. The molecule has 0 saturated carbocycles. The summed E-state index contributed by atoms with van der Waals surface area (Å²) in [6.45, 7) is 2.05. The highest BCUT2D eigenvalue weighted by molar-refractivity contribution is 7.90. The lowest BCUT2D eigenvalue weighted by molar-refractivity contribution is 0.0740. The van der Waals surface area contributed by atoms with Crippen molar-refractivity contribution in [3.8, 4) is 5.75 Å². The smallest absolute Gasteiger partial charge is 0.274 e. The van der Waals surface area contributed by atoms with Gasteiger partial charge in [-0.3, -0.25) is 4.79 Å². The van der Waals surface area contributed by atoms with E-state index >= 15 is 0 Å². The topological polar surface area (TPSA) is 92.7 Å². The maximum absolute atomic E-state index is 13.1. The van der Waals surface area contributed by atoms with Crippen LogP contribution in [0.25, 0.3) is 0 Å². The van der Waals surface area contributed by atoms with Crippen LogP contribution in [0, 0.1) is 0 Å². The van der Waals surface area contributed by atoms with E-state index in [9.17, 15) is 13.2 Å². The van der Waals surface area contributed by atoms with E-state index in [1.165, 1.54) is 6.20 Å². The molecular weight excluding hydrogens is 464 g/mol. The van der Waals surface area contributed by atoms with E-state index in [4.69, 9.17) is 16.3 Å². The van der Waals surface area contributed by atoms with Crippen LogP contribution in [0.1, 0.15) is 16.1 Å². The number of carbonyl (C=O) groups is 1. The molecule has 0 atom stereocenters. The van der Waals surface area contributed by atoms with Crippen LogP contribution in [0.15, 0.2) is 66.0 Å². The zero-order chi connectivity index (χ0) is 23.4. The molecule has 1 aromatic heterocycles. The minimum atomic E-state index is -3.84. The van der Waals surface area contributed by atoms with E-state index < -0.39 is 20.9 Å². The van der Waals surface area contributed by atoms with Gasteiger partial charge in [0.05, 0.1) is 29.8 Å². The summed E-state index contributed by atoms with van der Waals surface area (Å²) in [6, 6.07) is 16.4. The second-order valence-electron chi connectivity index (χ2n) is 7.54. The van der Waals surface area contributed by atoms with Gasteiger partial charge in [-0.2, -0.15) is 0 Å².